The summed E-state index contributed by atoms with van der Waals surface area (Å²) < 4.78 is 0.809. The molecule has 0 saturated heterocycles. The molecule has 6 aromatic rings. The molecule has 0 saturated carbocycles. The van der Waals surface area contributed by atoms with Crippen molar-refractivity contribution < 1.29 is 19.6 Å². The minimum atomic E-state index is -0.121. The van der Waals surface area contributed by atoms with E-state index in [9.17, 15) is 9.59 Å². The maximum absolute atomic E-state index is 12.7. The van der Waals surface area contributed by atoms with Crippen LogP contribution in [0.25, 0.3) is 43.4 Å². The molecule has 4 aromatic carbocycles. The molecule has 9 nitrogen and oxygen atoms in total. The number of hydrogen-bond donors (Lipinski definition) is 1. The van der Waals surface area contributed by atoms with Crippen LogP contribution in [0.4, 0.5) is 5.69 Å². The van der Waals surface area contributed by atoms with Crippen molar-refractivity contribution in [3.8, 4) is 0 Å². The molecule has 2 N–H and O–H groups in total. The van der Waals surface area contributed by atoms with Gasteiger partial charge in [-0.1, -0.05) is 48.5 Å². The summed E-state index contributed by atoms with van der Waals surface area (Å²) in [6.07, 6.45) is 3.11. The van der Waals surface area contributed by atoms with Gasteiger partial charge in [0.2, 0.25) is 10.9 Å². The molecule has 0 unspecified atom stereocenters. The standard InChI is InChI=1S/C16H12BrNO3.C16H14N2O3/c2*1-20-21-9-11-6-10-4-2-3-5-13(10)16(19)15-14(11)7-12(17)8-18-15/h2-8H,9H2,1H3;2-8H,9,17H2,1H3. The molecule has 2 aromatic heterocycles. The second-order valence-corrected chi connectivity index (χ2v) is 10.2. The van der Waals surface area contributed by atoms with Crippen molar-refractivity contribution in [2.45, 2.75) is 13.2 Å². The number of hydrogen-bond acceptors (Lipinski definition) is 9. The number of nitrogens with zero attached hydrogens (tertiary/aromatic N) is 2. The lowest BCUT2D eigenvalue weighted by atomic mass is 10.1. The summed E-state index contributed by atoms with van der Waals surface area (Å²) in [5, 5.41) is 4.36. The van der Waals surface area contributed by atoms with Gasteiger partial charge in [0.15, 0.2) is 0 Å². The smallest absolute Gasteiger partial charge is 0.212 e. The quantitative estimate of drug-likeness (QED) is 0.175. The van der Waals surface area contributed by atoms with Crippen molar-refractivity contribution in [2.24, 2.45) is 0 Å². The number of benzene rings is 2. The fourth-order valence-corrected chi connectivity index (χ4v) is 5.03. The van der Waals surface area contributed by atoms with Crippen molar-refractivity contribution in [3.05, 3.63) is 121 Å². The Morgan fingerprint density at radius 3 is 1.67 bits per heavy atom. The number of anilines is 1. The summed E-state index contributed by atoms with van der Waals surface area (Å²) in [6.45, 7) is 0.444. The summed E-state index contributed by atoms with van der Waals surface area (Å²) in [4.78, 5) is 53.2. The lowest BCUT2D eigenvalue weighted by Gasteiger charge is -2.02. The van der Waals surface area contributed by atoms with Gasteiger partial charge in [-0.25, -0.2) is 24.5 Å². The van der Waals surface area contributed by atoms with Crippen LogP contribution in [0.2, 0.25) is 0 Å². The van der Waals surface area contributed by atoms with E-state index < -0.39 is 0 Å². The Labute approximate surface area is 248 Å². The zero-order valence-corrected chi connectivity index (χ0v) is 24.4. The van der Waals surface area contributed by atoms with Crippen LogP contribution in [-0.2, 0) is 32.8 Å². The molecule has 0 amide bonds. The highest BCUT2D eigenvalue weighted by atomic mass is 79.9. The van der Waals surface area contributed by atoms with Crippen molar-refractivity contribution >= 4 is 65.0 Å². The molecular weight excluding hydrogens is 602 g/mol. The molecule has 0 aliphatic rings. The first-order valence-corrected chi connectivity index (χ1v) is 13.6. The first-order valence-electron chi connectivity index (χ1n) is 12.8. The number of rotatable bonds is 6. The first kappa shape index (κ1) is 29.2. The molecule has 10 heteroatoms. The Morgan fingerprint density at radius 2 is 1.14 bits per heavy atom. The van der Waals surface area contributed by atoms with E-state index in [2.05, 4.69) is 35.7 Å². The van der Waals surface area contributed by atoms with Gasteiger partial charge >= 0.3 is 0 Å². The molecule has 0 atom stereocenters. The topological polar surface area (TPSA) is 123 Å². The molecule has 0 fully saturated rings. The second kappa shape index (κ2) is 13.1. The highest BCUT2D eigenvalue weighted by Crippen LogP contribution is 2.23. The molecule has 0 aliphatic heterocycles. The van der Waals surface area contributed by atoms with E-state index in [1.165, 1.54) is 20.4 Å². The monoisotopic (exact) mass is 627 g/mol. The molecule has 42 heavy (non-hydrogen) atoms. The van der Waals surface area contributed by atoms with Gasteiger partial charge in [0.1, 0.15) is 24.2 Å². The van der Waals surface area contributed by atoms with Crippen LogP contribution in [0, 0.1) is 0 Å². The Bertz CT molecular complexity index is 1910. The van der Waals surface area contributed by atoms with Crippen molar-refractivity contribution in [3.63, 3.8) is 0 Å². The minimum Gasteiger partial charge on any atom is -0.397 e. The van der Waals surface area contributed by atoms with Crippen LogP contribution < -0.4 is 16.6 Å². The number of halogens is 1. The van der Waals surface area contributed by atoms with Gasteiger partial charge in [-0.3, -0.25) is 14.6 Å². The van der Waals surface area contributed by atoms with E-state index in [4.69, 9.17) is 15.5 Å². The van der Waals surface area contributed by atoms with E-state index in [1.807, 2.05) is 60.7 Å². The number of nitrogen functional groups attached to an aromatic ring is 1. The Hall–Kier alpha value is -4.32. The SMILES string of the molecule is COOCc1cc2ccccc2c(=O)c2ncc(Br)cc12.COOCc1cc2ccccc2c(=O)c2ncc(N)cc12. The highest BCUT2D eigenvalue weighted by molar-refractivity contribution is 9.10. The molecule has 0 spiro atoms. The third-order valence-corrected chi connectivity index (χ3v) is 7.05. The fourth-order valence-electron chi connectivity index (χ4n) is 4.70. The number of fused-ring (bicyclic) bond motifs is 4. The zero-order valence-electron chi connectivity index (χ0n) is 22.8. The van der Waals surface area contributed by atoms with E-state index >= 15 is 0 Å². The second-order valence-electron chi connectivity index (χ2n) is 9.24. The Kier molecular flexibility index (Phi) is 9.11. The Morgan fingerprint density at radius 1 is 0.667 bits per heavy atom. The normalized spacial score (nSPS) is 11.1. The molecular formula is C32H26BrN3O6. The molecule has 0 radical (unpaired) electrons. The van der Waals surface area contributed by atoms with Gasteiger partial charge in [-0.05, 0) is 62.1 Å². The summed E-state index contributed by atoms with van der Waals surface area (Å²) >= 11 is 3.39. The van der Waals surface area contributed by atoms with Crippen LogP contribution in [0.3, 0.4) is 0 Å². The van der Waals surface area contributed by atoms with Gasteiger partial charge in [0, 0.05) is 32.2 Å². The molecule has 212 valence electrons. The van der Waals surface area contributed by atoms with Gasteiger partial charge in [0.05, 0.1) is 26.1 Å². The highest BCUT2D eigenvalue weighted by Gasteiger charge is 2.11. The predicted molar refractivity (Wildman–Crippen MR) is 167 cm³/mol. The average molecular weight is 628 g/mol. The predicted octanol–water partition coefficient (Wildman–Crippen LogP) is 6.00. The van der Waals surface area contributed by atoms with E-state index in [0.29, 0.717) is 32.9 Å². The summed E-state index contributed by atoms with van der Waals surface area (Å²) in [5.41, 5.74) is 8.53. The lowest BCUT2D eigenvalue weighted by molar-refractivity contribution is -0.281. The van der Waals surface area contributed by atoms with Gasteiger partial charge in [-0.2, -0.15) is 0 Å². The van der Waals surface area contributed by atoms with Crippen LogP contribution in [0.1, 0.15) is 11.1 Å². The van der Waals surface area contributed by atoms with Gasteiger partial charge < -0.3 is 5.73 Å². The molecule has 6 rings (SSSR count). The van der Waals surface area contributed by atoms with E-state index in [-0.39, 0.29) is 24.1 Å². The molecule has 2 heterocycles. The van der Waals surface area contributed by atoms with Crippen LogP contribution in [0.15, 0.2) is 99.3 Å². The minimum absolute atomic E-state index is 0.0863. The Balaban J connectivity index is 0.000000168. The maximum Gasteiger partial charge on any atom is 0.212 e. The van der Waals surface area contributed by atoms with Crippen molar-refractivity contribution in [1.29, 1.82) is 0 Å². The summed E-state index contributed by atoms with van der Waals surface area (Å²) in [7, 11) is 2.89. The van der Waals surface area contributed by atoms with Crippen LogP contribution >= 0.6 is 15.9 Å². The number of nitrogens with two attached hydrogens (primary N) is 1. The third-order valence-electron chi connectivity index (χ3n) is 6.62. The zero-order chi connectivity index (χ0) is 29.6. The van der Waals surface area contributed by atoms with Crippen molar-refractivity contribution in [2.75, 3.05) is 20.0 Å². The van der Waals surface area contributed by atoms with E-state index in [0.717, 1.165) is 31.8 Å². The maximum atomic E-state index is 12.7. The van der Waals surface area contributed by atoms with Gasteiger partial charge in [-0.15, -0.1) is 0 Å². The first-order chi connectivity index (χ1) is 20.4. The largest absolute Gasteiger partial charge is 0.397 e. The lowest BCUT2D eigenvalue weighted by Crippen LogP contribution is -2.02. The van der Waals surface area contributed by atoms with Crippen LogP contribution in [0.5, 0.6) is 0 Å². The van der Waals surface area contributed by atoms with E-state index in [1.54, 1.807) is 18.3 Å². The fraction of sp³-hybridized carbons (Fsp3) is 0.125. The number of aromatic nitrogens is 2. The van der Waals surface area contributed by atoms with Crippen LogP contribution in [-0.4, -0.2) is 24.2 Å². The summed E-state index contributed by atoms with van der Waals surface area (Å²) in [5.74, 6) is 0. The number of pyridine rings is 2. The average Bonchev–Trinajstić information content (AvgIpc) is 3.19. The van der Waals surface area contributed by atoms with Gasteiger partial charge in [0.25, 0.3) is 0 Å². The van der Waals surface area contributed by atoms with Crippen molar-refractivity contribution in [1.82, 2.24) is 9.97 Å². The summed E-state index contributed by atoms with van der Waals surface area (Å²) in [6, 6.07) is 22.3. The third kappa shape index (κ3) is 6.13. The molecule has 0 aliphatic carbocycles. The molecule has 0 bridgehead atoms.